The number of esters is 1. The van der Waals surface area contributed by atoms with Gasteiger partial charge in [0.15, 0.2) is 6.73 Å². The van der Waals surface area contributed by atoms with Crippen molar-refractivity contribution in [2.45, 2.75) is 33.1 Å². The lowest BCUT2D eigenvalue weighted by Crippen LogP contribution is -2.14. The molecule has 4 nitrogen and oxygen atoms in total. The van der Waals surface area contributed by atoms with Crippen molar-refractivity contribution in [1.29, 1.82) is 0 Å². The lowest BCUT2D eigenvalue weighted by atomic mass is 10.1. The Labute approximate surface area is 176 Å². The molecule has 1 heterocycles. The molecule has 1 saturated carbocycles. The van der Waals surface area contributed by atoms with Crippen LogP contribution in [0.3, 0.4) is 0 Å². The van der Waals surface area contributed by atoms with Gasteiger partial charge in [-0.1, -0.05) is 67.9 Å². The second-order valence-corrected chi connectivity index (χ2v) is 8.46. The number of carbonyl (C=O) groups is 1. The van der Waals surface area contributed by atoms with Gasteiger partial charge in [0.25, 0.3) is 0 Å². The standard InChI is InChI=1S/C24H24ClNO3/c1-24(2)21(22(24)29-20-11-7-6-10-19(20)25)23(27)28-16-26-13-12-18(15-26)14-17-8-4-3-5-9-17/h3-13,15,21-22H,14,16H2,1-2H3. The van der Waals surface area contributed by atoms with Gasteiger partial charge in [0.2, 0.25) is 0 Å². The number of halogens is 1. The molecule has 2 atom stereocenters. The first-order valence-corrected chi connectivity index (χ1v) is 10.1. The van der Waals surface area contributed by atoms with Crippen LogP contribution in [0.25, 0.3) is 0 Å². The van der Waals surface area contributed by atoms with Gasteiger partial charge in [0.1, 0.15) is 17.8 Å². The molecule has 0 saturated heterocycles. The van der Waals surface area contributed by atoms with Crippen molar-refractivity contribution in [3.05, 3.63) is 89.2 Å². The summed E-state index contributed by atoms with van der Waals surface area (Å²) in [6, 6.07) is 19.6. The first-order valence-electron chi connectivity index (χ1n) is 9.71. The van der Waals surface area contributed by atoms with Crippen LogP contribution in [-0.2, 0) is 22.7 Å². The number of carbonyl (C=O) groups excluding carboxylic acids is 1. The third-order valence-corrected chi connectivity index (χ3v) is 5.80. The molecule has 1 fully saturated rings. The Morgan fingerprint density at radius 3 is 2.52 bits per heavy atom. The summed E-state index contributed by atoms with van der Waals surface area (Å²) in [5.74, 6) is 0.0435. The molecule has 3 aromatic rings. The fraction of sp³-hybridized carbons (Fsp3) is 0.292. The zero-order valence-electron chi connectivity index (χ0n) is 16.5. The average molecular weight is 410 g/mol. The van der Waals surface area contributed by atoms with Crippen LogP contribution in [0, 0.1) is 11.3 Å². The van der Waals surface area contributed by atoms with Gasteiger partial charge >= 0.3 is 5.97 Å². The highest BCUT2D eigenvalue weighted by Crippen LogP contribution is 2.55. The number of hydrogen-bond acceptors (Lipinski definition) is 3. The van der Waals surface area contributed by atoms with E-state index in [1.807, 2.05) is 73.3 Å². The predicted molar refractivity (Wildman–Crippen MR) is 113 cm³/mol. The van der Waals surface area contributed by atoms with E-state index in [1.165, 1.54) is 11.1 Å². The Morgan fingerprint density at radius 1 is 1.03 bits per heavy atom. The molecule has 150 valence electrons. The summed E-state index contributed by atoms with van der Waals surface area (Å²) in [5, 5.41) is 0.542. The van der Waals surface area contributed by atoms with Gasteiger partial charge in [0.05, 0.1) is 5.02 Å². The van der Waals surface area contributed by atoms with Gasteiger partial charge < -0.3 is 14.0 Å². The quantitative estimate of drug-likeness (QED) is 0.495. The SMILES string of the molecule is CC1(C)C(Oc2ccccc2Cl)C1C(=O)OCn1ccc(Cc2ccccc2)c1. The molecule has 5 heteroatoms. The minimum atomic E-state index is -0.307. The Kier molecular flexibility index (Phi) is 5.37. The number of ether oxygens (including phenoxy) is 2. The molecule has 0 N–H and O–H groups in total. The molecule has 2 aromatic carbocycles. The highest BCUT2D eigenvalue weighted by molar-refractivity contribution is 6.32. The normalized spacial score (nSPS) is 19.6. The molecule has 0 amide bonds. The van der Waals surface area contributed by atoms with Crippen LogP contribution in [0.1, 0.15) is 25.0 Å². The molecule has 29 heavy (non-hydrogen) atoms. The van der Waals surface area contributed by atoms with Crippen LogP contribution in [0.5, 0.6) is 5.75 Å². The molecule has 0 aliphatic heterocycles. The average Bonchev–Trinajstić information content (AvgIpc) is 3.01. The molecule has 0 radical (unpaired) electrons. The lowest BCUT2D eigenvalue weighted by molar-refractivity contribution is -0.150. The molecule has 1 aliphatic rings. The van der Waals surface area contributed by atoms with Crippen LogP contribution in [-0.4, -0.2) is 16.6 Å². The van der Waals surface area contributed by atoms with Gasteiger partial charge in [-0.15, -0.1) is 0 Å². The summed E-state index contributed by atoms with van der Waals surface area (Å²) in [6.45, 7) is 4.21. The molecular formula is C24H24ClNO3. The van der Waals surface area contributed by atoms with Crippen molar-refractivity contribution in [3.63, 3.8) is 0 Å². The second-order valence-electron chi connectivity index (χ2n) is 8.06. The van der Waals surface area contributed by atoms with E-state index in [4.69, 9.17) is 21.1 Å². The highest BCUT2D eigenvalue weighted by atomic mass is 35.5. The summed E-state index contributed by atoms with van der Waals surface area (Å²) in [5.41, 5.74) is 2.14. The van der Waals surface area contributed by atoms with Crippen molar-refractivity contribution in [2.75, 3.05) is 0 Å². The first kappa shape index (κ1) is 19.6. The summed E-state index contributed by atoms with van der Waals surface area (Å²) in [7, 11) is 0. The van der Waals surface area contributed by atoms with E-state index < -0.39 is 0 Å². The van der Waals surface area contributed by atoms with Gasteiger partial charge in [-0.2, -0.15) is 0 Å². The van der Waals surface area contributed by atoms with E-state index in [0.29, 0.717) is 10.8 Å². The predicted octanol–water partition coefficient (Wildman–Crippen LogP) is 5.34. The molecule has 1 aromatic heterocycles. The summed E-state index contributed by atoms with van der Waals surface area (Å²) in [4.78, 5) is 12.6. The van der Waals surface area contributed by atoms with Crippen molar-refractivity contribution in [3.8, 4) is 5.75 Å². The monoisotopic (exact) mass is 409 g/mol. The van der Waals surface area contributed by atoms with Gasteiger partial charge in [-0.05, 0) is 35.7 Å². The summed E-state index contributed by atoms with van der Waals surface area (Å²) >= 11 is 6.17. The van der Waals surface area contributed by atoms with E-state index in [1.54, 1.807) is 6.07 Å². The first-order chi connectivity index (χ1) is 13.9. The number of rotatable bonds is 7. The molecule has 0 spiro atoms. The van der Waals surface area contributed by atoms with Crippen LogP contribution >= 0.6 is 11.6 Å². The smallest absolute Gasteiger partial charge is 0.315 e. The maximum absolute atomic E-state index is 12.6. The van der Waals surface area contributed by atoms with E-state index in [9.17, 15) is 4.79 Å². The minimum Gasteiger partial charge on any atom is -0.487 e. The third-order valence-electron chi connectivity index (χ3n) is 5.49. The van der Waals surface area contributed by atoms with E-state index in [-0.39, 0.29) is 30.1 Å². The summed E-state index contributed by atoms with van der Waals surface area (Å²) < 4.78 is 13.4. The molecule has 4 rings (SSSR count). The fourth-order valence-corrected chi connectivity index (χ4v) is 3.83. The molecule has 2 unspecified atom stereocenters. The Morgan fingerprint density at radius 2 is 1.76 bits per heavy atom. The molecule has 0 bridgehead atoms. The van der Waals surface area contributed by atoms with E-state index >= 15 is 0 Å². The number of hydrogen-bond donors (Lipinski definition) is 0. The number of para-hydroxylation sites is 1. The number of benzene rings is 2. The van der Waals surface area contributed by atoms with Crippen LogP contribution in [0.2, 0.25) is 5.02 Å². The van der Waals surface area contributed by atoms with Gasteiger partial charge in [-0.3, -0.25) is 4.79 Å². The maximum atomic E-state index is 12.6. The number of aromatic nitrogens is 1. The Hall–Kier alpha value is -2.72. The summed E-state index contributed by atoms with van der Waals surface area (Å²) in [6.07, 6.45) is 4.55. The maximum Gasteiger partial charge on any atom is 0.315 e. The van der Waals surface area contributed by atoms with Gasteiger partial charge in [-0.25, -0.2) is 0 Å². The Bertz CT molecular complexity index is 996. The van der Waals surface area contributed by atoms with Crippen molar-refractivity contribution in [1.82, 2.24) is 4.57 Å². The molecular weight excluding hydrogens is 386 g/mol. The highest BCUT2D eigenvalue weighted by Gasteiger charge is 2.65. The Balaban J connectivity index is 1.32. The minimum absolute atomic E-state index is 0.193. The third kappa shape index (κ3) is 4.33. The zero-order chi connectivity index (χ0) is 20.4. The fourth-order valence-electron chi connectivity index (χ4n) is 3.65. The number of nitrogens with zero attached hydrogens (tertiary/aromatic N) is 1. The van der Waals surface area contributed by atoms with Crippen molar-refractivity contribution >= 4 is 17.6 Å². The van der Waals surface area contributed by atoms with Crippen molar-refractivity contribution < 1.29 is 14.3 Å². The topological polar surface area (TPSA) is 40.5 Å². The zero-order valence-corrected chi connectivity index (χ0v) is 17.3. The van der Waals surface area contributed by atoms with Crippen molar-refractivity contribution in [2.24, 2.45) is 11.3 Å². The largest absolute Gasteiger partial charge is 0.487 e. The van der Waals surface area contributed by atoms with E-state index in [2.05, 4.69) is 12.1 Å². The van der Waals surface area contributed by atoms with Crippen LogP contribution < -0.4 is 4.74 Å². The van der Waals surface area contributed by atoms with Gasteiger partial charge in [0, 0.05) is 17.8 Å². The second kappa shape index (κ2) is 7.96. The lowest BCUT2D eigenvalue weighted by Gasteiger charge is -2.08. The van der Waals surface area contributed by atoms with E-state index in [0.717, 1.165) is 6.42 Å². The van der Waals surface area contributed by atoms with Crippen LogP contribution in [0.15, 0.2) is 73.1 Å². The molecule has 1 aliphatic carbocycles. The van der Waals surface area contributed by atoms with Crippen LogP contribution in [0.4, 0.5) is 0 Å².